The van der Waals surface area contributed by atoms with Crippen molar-refractivity contribution in [3.63, 3.8) is 0 Å². The first-order chi connectivity index (χ1) is 25.8. The highest BCUT2D eigenvalue weighted by Gasteiger charge is 2.39. The maximum Gasteiger partial charge on any atom is 0.490 e. The van der Waals surface area contributed by atoms with Crippen LogP contribution in [0.4, 0.5) is 37.7 Å². The second-order valence-corrected chi connectivity index (χ2v) is 12.1. The van der Waals surface area contributed by atoms with Crippen LogP contribution in [0.2, 0.25) is 0 Å². The zero-order chi connectivity index (χ0) is 43.3. The van der Waals surface area contributed by atoms with Crippen LogP contribution in [0.5, 0.6) is 0 Å². The zero-order valence-electron chi connectivity index (χ0n) is 30.2. The Morgan fingerprint density at radius 3 is 1.14 bits per heavy atom. The molecule has 0 saturated heterocycles. The van der Waals surface area contributed by atoms with Crippen molar-refractivity contribution in [1.29, 1.82) is 0 Å². The van der Waals surface area contributed by atoms with Crippen LogP contribution in [0.25, 0.3) is 0 Å². The minimum Gasteiger partial charge on any atom is -0.475 e. The number of fused-ring (bicyclic) bond motifs is 2. The number of aliphatic carboxylic acids is 2. The molecule has 16 nitrogen and oxygen atoms in total. The Kier molecular flexibility index (Phi) is 17.8. The molecule has 0 fully saturated rings. The van der Waals surface area contributed by atoms with Crippen molar-refractivity contribution in [3.05, 3.63) is 58.7 Å². The number of amides is 4. The molecule has 1 aliphatic carbocycles. The summed E-state index contributed by atoms with van der Waals surface area (Å²) in [6, 6.07) is 7.19. The number of carbonyl (C=O) groups is 8. The van der Waals surface area contributed by atoms with E-state index in [1.54, 1.807) is 0 Å². The molecule has 2 aromatic carbocycles. The van der Waals surface area contributed by atoms with Gasteiger partial charge in [-0.3, -0.25) is 28.8 Å². The number of carboxylic acid groups (broad SMARTS) is 2. The van der Waals surface area contributed by atoms with Crippen LogP contribution in [-0.2, 0) is 28.8 Å². The molecule has 0 radical (unpaired) electrons. The summed E-state index contributed by atoms with van der Waals surface area (Å²) < 4.78 is 63.5. The van der Waals surface area contributed by atoms with Crippen molar-refractivity contribution in [2.75, 3.05) is 23.7 Å². The number of alkyl halides is 6. The fourth-order valence-electron chi connectivity index (χ4n) is 4.31. The van der Waals surface area contributed by atoms with Crippen LogP contribution in [0, 0.1) is 11.8 Å². The van der Waals surface area contributed by atoms with Gasteiger partial charge in [0.1, 0.15) is 0 Å². The molecule has 3 rings (SSSR count). The Balaban J connectivity index is 0.000000949. The summed E-state index contributed by atoms with van der Waals surface area (Å²) in [5, 5.41) is 24.5. The number of nitrogens with two attached hydrogens (primary N) is 2. The van der Waals surface area contributed by atoms with E-state index in [-0.39, 0.29) is 58.6 Å². The van der Waals surface area contributed by atoms with Crippen molar-refractivity contribution in [1.82, 2.24) is 10.6 Å². The molecule has 0 saturated carbocycles. The molecule has 0 spiro atoms. The van der Waals surface area contributed by atoms with Crippen LogP contribution in [-0.4, -0.2) is 94.9 Å². The third-order valence-electron chi connectivity index (χ3n) is 8.04. The number of hydrogen-bond donors (Lipinski definition) is 8. The third kappa shape index (κ3) is 14.4. The maximum atomic E-state index is 13.2. The van der Waals surface area contributed by atoms with Gasteiger partial charge in [-0.1, -0.05) is 40.5 Å². The summed E-state index contributed by atoms with van der Waals surface area (Å²) in [6.45, 7) is 6.91. The standard InChI is InChI=1S/C30H38N6O6.2C2HF3O2/c1-5-15(3)25(31)29(41)33-13-23(37)35-17-7-9-19-21(11-17)27(39)20-10-8-18(12-22(20)28(19)40)36-24(38)14-34-30(42)26(32)16(4)6-2;2*3-2(4,5)1(6)7/h7-12,15-16,25-26H,5-6,13-14,31-32H2,1-4H3,(H,33,41)(H,34,42)(H,35,37)(H,36,38);2*(H,6,7)/t15-,16-,25-,26-;;/m0../s1. The molecule has 56 heavy (non-hydrogen) atoms. The quantitative estimate of drug-likeness (QED) is 0.123. The number of halogens is 6. The van der Waals surface area contributed by atoms with Gasteiger partial charge in [0.15, 0.2) is 11.6 Å². The number of nitrogens with one attached hydrogen (secondary N) is 4. The predicted molar refractivity (Wildman–Crippen MR) is 185 cm³/mol. The summed E-state index contributed by atoms with van der Waals surface area (Å²) in [5.41, 5.74) is 12.8. The Labute approximate surface area is 314 Å². The summed E-state index contributed by atoms with van der Waals surface area (Å²) in [4.78, 5) is 93.4. The molecule has 4 atom stereocenters. The zero-order valence-corrected chi connectivity index (χ0v) is 30.2. The van der Waals surface area contributed by atoms with Crippen LogP contribution >= 0.6 is 0 Å². The first-order valence-corrected chi connectivity index (χ1v) is 16.4. The van der Waals surface area contributed by atoms with Crippen molar-refractivity contribution in [2.45, 2.75) is 65.0 Å². The lowest BCUT2D eigenvalue weighted by molar-refractivity contribution is -0.193. The molecule has 0 bridgehead atoms. The minimum absolute atomic E-state index is 0.0426. The summed E-state index contributed by atoms with van der Waals surface area (Å²) in [6.07, 6.45) is -8.73. The van der Waals surface area contributed by atoms with Gasteiger partial charge in [0.2, 0.25) is 23.6 Å². The molecular formula is C34H40F6N6O10. The topological polar surface area (TPSA) is 277 Å². The van der Waals surface area contributed by atoms with Gasteiger partial charge in [0, 0.05) is 33.6 Å². The van der Waals surface area contributed by atoms with E-state index in [1.807, 2.05) is 27.7 Å². The van der Waals surface area contributed by atoms with E-state index in [0.29, 0.717) is 0 Å². The normalized spacial score (nSPS) is 14.0. The Morgan fingerprint density at radius 2 is 0.893 bits per heavy atom. The number of hydrogen-bond acceptors (Lipinski definition) is 10. The Hall–Kier alpha value is -5.90. The average molecular weight is 807 g/mol. The smallest absolute Gasteiger partial charge is 0.475 e. The van der Waals surface area contributed by atoms with Gasteiger partial charge in [-0.2, -0.15) is 26.3 Å². The number of carbonyl (C=O) groups excluding carboxylic acids is 6. The molecule has 2 aromatic rings. The molecule has 308 valence electrons. The molecule has 1 aliphatic rings. The molecule has 0 heterocycles. The summed E-state index contributed by atoms with van der Waals surface area (Å²) >= 11 is 0. The molecule has 22 heteroatoms. The molecule has 0 unspecified atom stereocenters. The number of anilines is 2. The van der Waals surface area contributed by atoms with Gasteiger partial charge in [0.25, 0.3) is 0 Å². The van der Waals surface area contributed by atoms with Gasteiger partial charge < -0.3 is 42.9 Å². The van der Waals surface area contributed by atoms with E-state index in [1.165, 1.54) is 36.4 Å². The predicted octanol–water partition coefficient (Wildman–Crippen LogP) is 2.58. The number of carboxylic acids is 2. The van der Waals surface area contributed by atoms with E-state index >= 15 is 0 Å². The molecule has 4 amide bonds. The SMILES string of the molecule is CC[C@H](C)[C@H](N)C(=O)NCC(=O)Nc1ccc2c(c1)C(=O)c1ccc(NC(=O)CNC(=O)[C@@H](N)[C@@H](C)CC)cc1C2=O.O=C(O)C(F)(F)F.O=C(O)C(F)(F)F. The van der Waals surface area contributed by atoms with Crippen molar-refractivity contribution in [2.24, 2.45) is 23.3 Å². The van der Waals surface area contributed by atoms with Crippen LogP contribution in [0.3, 0.4) is 0 Å². The van der Waals surface area contributed by atoms with E-state index in [2.05, 4.69) is 21.3 Å². The largest absolute Gasteiger partial charge is 0.490 e. The highest BCUT2D eigenvalue weighted by atomic mass is 19.4. The lowest BCUT2D eigenvalue weighted by atomic mass is 9.83. The monoisotopic (exact) mass is 806 g/mol. The molecular weight excluding hydrogens is 766 g/mol. The average Bonchev–Trinajstić information content (AvgIpc) is 3.13. The van der Waals surface area contributed by atoms with E-state index < -0.39 is 71.6 Å². The van der Waals surface area contributed by atoms with Gasteiger partial charge in [-0.05, 0) is 48.2 Å². The van der Waals surface area contributed by atoms with Gasteiger partial charge in [-0.15, -0.1) is 0 Å². The fourth-order valence-corrected chi connectivity index (χ4v) is 4.31. The van der Waals surface area contributed by atoms with Crippen molar-refractivity contribution < 1.29 is 74.9 Å². The van der Waals surface area contributed by atoms with Crippen LogP contribution in [0.1, 0.15) is 72.4 Å². The van der Waals surface area contributed by atoms with E-state index in [0.717, 1.165) is 12.8 Å². The fraction of sp³-hybridized carbons (Fsp3) is 0.412. The van der Waals surface area contributed by atoms with Crippen molar-refractivity contribution in [3.8, 4) is 0 Å². The lowest BCUT2D eigenvalue weighted by Gasteiger charge is -2.20. The Bertz CT molecular complexity index is 1690. The van der Waals surface area contributed by atoms with E-state index in [4.69, 9.17) is 31.3 Å². The lowest BCUT2D eigenvalue weighted by Crippen LogP contribution is -2.46. The number of benzene rings is 2. The second kappa shape index (κ2) is 20.7. The summed E-state index contributed by atoms with van der Waals surface area (Å²) in [7, 11) is 0. The summed E-state index contributed by atoms with van der Waals surface area (Å²) in [5.74, 6) is -8.36. The number of ketones is 2. The molecule has 0 aromatic heterocycles. The van der Waals surface area contributed by atoms with Gasteiger partial charge in [-0.25, -0.2) is 9.59 Å². The molecule has 10 N–H and O–H groups in total. The number of rotatable bonds is 12. The molecule has 0 aliphatic heterocycles. The van der Waals surface area contributed by atoms with Crippen molar-refractivity contribution >= 4 is 58.5 Å². The highest BCUT2D eigenvalue weighted by Crippen LogP contribution is 2.31. The minimum atomic E-state index is -5.08. The second-order valence-electron chi connectivity index (χ2n) is 12.1. The van der Waals surface area contributed by atoms with Gasteiger partial charge in [0.05, 0.1) is 25.2 Å². The highest BCUT2D eigenvalue weighted by molar-refractivity contribution is 6.29. The van der Waals surface area contributed by atoms with E-state index in [9.17, 15) is 55.1 Å². The van der Waals surface area contributed by atoms with Crippen LogP contribution in [0.15, 0.2) is 36.4 Å². The first-order valence-electron chi connectivity index (χ1n) is 16.4. The van der Waals surface area contributed by atoms with Gasteiger partial charge >= 0.3 is 24.3 Å². The third-order valence-corrected chi connectivity index (χ3v) is 8.04. The maximum absolute atomic E-state index is 13.2. The van der Waals surface area contributed by atoms with Crippen LogP contribution < -0.4 is 32.7 Å². The first kappa shape index (κ1) is 48.1. The Morgan fingerprint density at radius 1 is 0.607 bits per heavy atom.